The van der Waals surface area contributed by atoms with Crippen LogP contribution < -0.4 is 9.47 Å². The first-order valence-electron chi connectivity index (χ1n) is 5.84. The molecule has 104 valence electrons. The number of carbonyl (C=O) groups is 1. The van der Waals surface area contributed by atoms with E-state index in [1.807, 2.05) is 0 Å². The lowest BCUT2D eigenvalue weighted by atomic mass is 10.2. The molecule has 1 aromatic heterocycles. The molecule has 0 bridgehead atoms. The van der Waals surface area contributed by atoms with Crippen LogP contribution in [0.2, 0.25) is 5.02 Å². The minimum absolute atomic E-state index is 0.183. The highest BCUT2D eigenvalue weighted by molar-refractivity contribution is 6.30. The number of aromatic nitrogens is 1. The molecule has 0 atom stereocenters. The normalized spacial score (nSPS) is 10.1. The highest BCUT2D eigenvalue weighted by Crippen LogP contribution is 2.16. The van der Waals surface area contributed by atoms with Crippen molar-refractivity contribution in [2.45, 2.75) is 0 Å². The topological polar surface area (TPSA) is 68.7 Å². The first kappa shape index (κ1) is 14.1. The Morgan fingerprint density at radius 1 is 1.15 bits per heavy atom. The van der Waals surface area contributed by atoms with Crippen molar-refractivity contribution in [3.8, 4) is 11.5 Å². The Hall–Kier alpha value is -2.27. The largest absolute Gasteiger partial charge is 0.490 e. The standard InChI is InChI=1S/C14H12ClNO4/c15-11-7-13(9-16-8-11)20-5-4-19-12-3-1-2-10(6-12)14(17)18/h1-3,6-9H,4-5H2,(H,17,18). The van der Waals surface area contributed by atoms with Gasteiger partial charge in [0.1, 0.15) is 24.7 Å². The fourth-order valence-electron chi connectivity index (χ4n) is 1.51. The summed E-state index contributed by atoms with van der Waals surface area (Å²) in [5, 5.41) is 9.35. The summed E-state index contributed by atoms with van der Waals surface area (Å²) in [5.74, 6) is 0.0507. The first-order chi connectivity index (χ1) is 9.65. The van der Waals surface area contributed by atoms with Crippen LogP contribution in [0.25, 0.3) is 0 Å². The second-order valence-corrected chi connectivity index (χ2v) is 4.31. The third-order valence-electron chi connectivity index (χ3n) is 2.38. The SMILES string of the molecule is O=C(O)c1cccc(OCCOc2cncc(Cl)c2)c1. The third-order valence-corrected chi connectivity index (χ3v) is 2.59. The minimum Gasteiger partial charge on any atom is -0.490 e. The first-order valence-corrected chi connectivity index (χ1v) is 6.22. The van der Waals surface area contributed by atoms with Gasteiger partial charge in [-0.25, -0.2) is 4.79 Å². The summed E-state index contributed by atoms with van der Waals surface area (Å²) in [5.41, 5.74) is 0.183. The highest BCUT2D eigenvalue weighted by atomic mass is 35.5. The summed E-state index contributed by atoms with van der Waals surface area (Å²) < 4.78 is 10.8. The molecular formula is C14H12ClNO4. The summed E-state index contributed by atoms with van der Waals surface area (Å²) in [6.07, 6.45) is 3.07. The van der Waals surface area contributed by atoms with Crippen molar-refractivity contribution in [2.75, 3.05) is 13.2 Å². The number of pyridine rings is 1. The van der Waals surface area contributed by atoms with E-state index in [1.165, 1.54) is 18.3 Å². The van der Waals surface area contributed by atoms with E-state index in [4.69, 9.17) is 26.2 Å². The van der Waals surface area contributed by atoms with Crippen molar-refractivity contribution >= 4 is 17.6 Å². The lowest BCUT2D eigenvalue weighted by molar-refractivity contribution is 0.0696. The lowest BCUT2D eigenvalue weighted by Crippen LogP contribution is -2.09. The predicted octanol–water partition coefficient (Wildman–Crippen LogP) is 2.89. The Balaban J connectivity index is 1.81. The van der Waals surface area contributed by atoms with E-state index in [1.54, 1.807) is 24.4 Å². The molecule has 5 nitrogen and oxygen atoms in total. The highest BCUT2D eigenvalue weighted by Gasteiger charge is 2.03. The van der Waals surface area contributed by atoms with Gasteiger partial charge in [-0.1, -0.05) is 17.7 Å². The second-order valence-electron chi connectivity index (χ2n) is 3.87. The number of carboxylic acid groups (broad SMARTS) is 1. The van der Waals surface area contributed by atoms with Crippen LogP contribution in [0.4, 0.5) is 0 Å². The van der Waals surface area contributed by atoms with E-state index in [0.717, 1.165) is 0 Å². The van der Waals surface area contributed by atoms with E-state index < -0.39 is 5.97 Å². The van der Waals surface area contributed by atoms with Gasteiger partial charge < -0.3 is 14.6 Å². The van der Waals surface area contributed by atoms with E-state index in [9.17, 15) is 4.79 Å². The Morgan fingerprint density at radius 2 is 1.90 bits per heavy atom. The maximum absolute atomic E-state index is 10.8. The van der Waals surface area contributed by atoms with Crippen LogP contribution in [0.5, 0.6) is 11.5 Å². The predicted molar refractivity (Wildman–Crippen MR) is 73.6 cm³/mol. The minimum atomic E-state index is -0.989. The summed E-state index contributed by atoms with van der Waals surface area (Å²) in [6, 6.07) is 7.93. The molecule has 0 spiro atoms. The van der Waals surface area contributed by atoms with Crippen LogP contribution in [0.15, 0.2) is 42.7 Å². The van der Waals surface area contributed by atoms with Gasteiger partial charge in [0.25, 0.3) is 0 Å². The average molecular weight is 294 g/mol. The zero-order valence-electron chi connectivity index (χ0n) is 10.5. The Bertz CT molecular complexity index is 603. The summed E-state index contributed by atoms with van der Waals surface area (Å²) in [7, 11) is 0. The Kier molecular flexibility index (Phi) is 4.79. The van der Waals surface area contributed by atoms with Gasteiger partial charge in [-0.2, -0.15) is 0 Å². The van der Waals surface area contributed by atoms with E-state index in [2.05, 4.69) is 4.98 Å². The molecule has 0 fully saturated rings. The summed E-state index contributed by atoms with van der Waals surface area (Å²) in [4.78, 5) is 14.7. The molecule has 1 heterocycles. The zero-order valence-corrected chi connectivity index (χ0v) is 11.2. The molecule has 0 amide bonds. The summed E-state index contributed by atoms with van der Waals surface area (Å²) in [6.45, 7) is 0.592. The number of carboxylic acids is 1. The molecule has 0 aliphatic rings. The number of ether oxygens (including phenoxy) is 2. The number of hydrogen-bond donors (Lipinski definition) is 1. The fraction of sp³-hybridized carbons (Fsp3) is 0.143. The fourth-order valence-corrected chi connectivity index (χ4v) is 1.67. The molecule has 1 aromatic carbocycles. The monoisotopic (exact) mass is 293 g/mol. The van der Waals surface area contributed by atoms with E-state index in [-0.39, 0.29) is 12.2 Å². The van der Waals surface area contributed by atoms with Crippen molar-refractivity contribution in [1.82, 2.24) is 4.98 Å². The van der Waals surface area contributed by atoms with Crippen LogP contribution in [-0.2, 0) is 0 Å². The maximum atomic E-state index is 10.8. The van der Waals surface area contributed by atoms with Crippen molar-refractivity contribution in [1.29, 1.82) is 0 Å². The van der Waals surface area contributed by atoms with Gasteiger partial charge in [0.05, 0.1) is 16.8 Å². The molecule has 20 heavy (non-hydrogen) atoms. The number of nitrogens with zero attached hydrogens (tertiary/aromatic N) is 1. The van der Waals surface area contributed by atoms with Crippen molar-refractivity contribution in [3.63, 3.8) is 0 Å². The smallest absolute Gasteiger partial charge is 0.335 e. The zero-order chi connectivity index (χ0) is 14.4. The number of halogens is 1. The molecule has 1 N–H and O–H groups in total. The summed E-state index contributed by atoms with van der Waals surface area (Å²) >= 11 is 5.77. The van der Waals surface area contributed by atoms with Crippen molar-refractivity contribution in [2.24, 2.45) is 0 Å². The van der Waals surface area contributed by atoms with Crippen LogP contribution in [0.3, 0.4) is 0 Å². The molecule has 0 saturated carbocycles. The number of hydrogen-bond acceptors (Lipinski definition) is 4. The van der Waals surface area contributed by atoms with Gasteiger partial charge in [-0.15, -0.1) is 0 Å². The average Bonchev–Trinajstić information content (AvgIpc) is 2.44. The number of rotatable bonds is 6. The van der Waals surface area contributed by atoms with E-state index in [0.29, 0.717) is 23.1 Å². The maximum Gasteiger partial charge on any atom is 0.335 e. The Morgan fingerprint density at radius 3 is 2.60 bits per heavy atom. The van der Waals surface area contributed by atoms with Crippen LogP contribution in [0, 0.1) is 0 Å². The van der Waals surface area contributed by atoms with E-state index >= 15 is 0 Å². The molecule has 6 heteroatoms. The Labute approximate surface area is 120 Å². The number of benzene rings is 1. The van der Waals surface area contributed by atoms with Crippen molar-refractivity contribution in [3.05, 3.63) is 53.3 Å². The van der Waals surface area contributed by atoms with Crippen LogP contribution >= 0.6 is 11.6 Å². The second kappa shape index (κ2) is 6.77. The molecular weight excluding hydrogens is 282 g/mol. The molecule has 0 radical (unpaired) electrons. The van der Waals surface area contributed by atoms with Crippen molar-refractivity contribution < 1.29 is 19.4 Å². The van der Waals surface area contributed by atoms with Gasteiger partial charge >= 0.3 is 5.97 Å². The number of aromatic carboxylic acids is 1. The van der Waals surface area contributed by atoms with Crippen LogP contribution in [0.1, 0.15) is 10.4 Å². The molecule has 0 aliphatic carbocycles. The van der Waals surface area contributed by atoms with Crippen LogP contribution in [-0.4, -0.2) is 29.3 Å². The molecule has 2 rings (SSSR count). The molecule has 0 aliphatic heterocycles. The van der Waals surface area contributed by atoms with Gasteiger partial charge in [0, 0.05) is 12.3 Å². The molecule has 2 aromatic rings. The molecule has 0 saturated heterocycles. The third kappa shape index (κ3) is 4.13. The van der Waals surface area contributed by atoms with Gasteiger partial charge in [-0.3, -0.25) is 4.98 Å². The van der Waals surface area contributed by atoms with Gasteiger partial charge in [0.15, 0.2) is 0 Å². The lowest BCUT2D eigenvalue weighted by Gasteiger charge is -2.08. The van der Waals surface area contributed by atoms with Gasteiger partial charge in [-0.05, 0) is 18.2 Å². The van der Waals surface area contributed by atoms with Gasteiger partial charge in [0.2, 0.25) is 0 Å². The quantitative estimate of drug-likeness (QED) is 0.829. The molecule has 0 unspecified atom stereocenters.